The molecule has 122 valence electrons. The molecule has 0 spiro atoms. The van der Waals surface area contributed by atoms with Crippen molar-refractivity contribution >= 4 is 21.7 Å². The Morgan fingerprint density at radius 2 is 1.70 bits per heavy atom. The summed E-state index contributed by atoms with van der Waals surface area (Å²) in [6, 6.07) is 9.93. The first-order valence-electron chi connectivity index (χ1n) is 6.46. The second kappa shape index (κ2) is 6.57. The minimum atomic E-state index is -3.98. The van der Waals surface area contributed by atoms with Crippen molar-refractivity contribution < 1.29 is 27.8 Å². The number of ether oxygens (including phenoxy) is 2. The summed E-state index contributed by atoms with van der Waals surface area (Å²) in [7, 11) is -1.18. The van der Waals surface area contributed by atoms with Crippen LogP contribution in [0.1, 0.15) is 10.4 Å². The summed E-state index contributed by atoms with van der Waals surface area (Å²) in [6.07, 6.45) is 0. The van der Waals surface area contributed by atoms with E-state index < -0.39 is 16.0 Å². The summed E-state index contributed by atoms with van der Waals surface area (Å²) >= 11 is 0. The number of carbonyl (C=O) groups is 1. The van der Waals surface area contributed by atoms with Gasteiger partial charge in [-0.1, -0.05) is 6.07 Å². The number of hydrogen-bond donors (Lipinski definition) is 2. The highest BCUT2D eigenvalue weighted by molar-refractivity contribution is 7.92. The Bertz CT molecular complexity index is 814. The average Bonchev–Trinajstić information content (AvgIpc) is 2.54. The van der Waals surface area contributed by atoms with E-state index in [1.165, 1.54) is 56.7 Å². The fraction of sp³-hybridized carbons (Fsp3) is 0.133. The van der Waals surface area contributed by atoms with Gasteiger partial charge in [-0.2, -0.15) is 0 Å². The van der Waals surface area contributed by atoms with Crippen LogP contribution in [0.3, 0.4) is 0 Å². The third-order valence-corrected chi connectivity index (χ3v) is 4.45. The maximum atomic E-state index is 12.4. The monoisotopic (exact) mass is 337 g/mol. The van der Waals surface area contributed by atoms with E-state index in [1.54, 1.807) is 0 Å². The molecule has 0 atom stereocenters. The van der Waals surface area contributed by atoms with Gasteiger partial charge in [-0.25, -0.2) is 13.2 Å². The SMILES string of the molecule is COc1ccc(S(=O)(=O)Nc2c(OC)cccc2C(=O)O)cc1. The van der Waals surface area contributed by atoms with E-state index >= 15 is 0 Å². The Morgan fingerprint density at radius 1 is 1.04 bits per heavy atom. The van der Waals surface area contributed by atoms with Crippen molar-refractivity contribution in [3.63, 3.8) is 0 Å². The van der Waals surface area contributed by atoms with Crippen LogP contribution in [0, 0.1) is 0 Å². The fourth-order valence-corrected chi connectivity index (χ4v) is 3.02. The largest absolute Gasteiger partial charge is 0.497 e. The van der Waals surface area contributed by atoms with Gasteiger partial charge < -0.3 is 14.6 Å². The molecule has 0 aromatic heterocycles. The minimum Gasteiger partial charge on any atom is -0.497 e. The molecule has 0 aliphatic carbocycles. The van der Waals surface area contributed by atoms with Gasteiger partial charge in [0.15, 0.2) is 0 Å². The molecule has 0 heterocycles. The summed E-state index contributed by atoms with van der Waals surface area (Å²) < 4.78 is 37.2. The first-order valence-corrected chi connectivity index (χ1v) is 7.94. The quantitative estimate of drug-likeness (QED) is 0.838. The van der Waals surface area contributed by atoms with Crippen LogP contribution in [-0.4, -0.2) is 33.7 Å². The Hall–Kier alpha value is -2.74. The Labute approximate surface area is 133 Å². The Balaban J connectivity index is 2.46. The molecule has 2 rings (SSSR count). The molecule has 8 heteroatoms. The van der Waals surface area contributed by atoms with E-state index in [2.05, 4.69) is 4.72 Å². The molecule has 2 N–H and O–H groups in total. The number of rotatable bonds is 6. The lowest BCUT2D eigenvalue weighted by molar-refractivity contribution is 0.0697. The topological polar surface area (TPSA) is 102 Å². The summed E-state index contributed by atoms with van der Waals surface area (Å²) in [5.41, 5.74) is -0.334. The van der Waals surface area contributed by atoms with Crippen molar-refractivity contribution in [3.8, 4) is 11.5 Å². The van der Waals surface area contributed by atoms with E-state index in [-0.39, 0.29) is 21.9 Å². The molecule has 0 radical (unpaired) electrons. The number of carboxylic acids is 1. The smallest absolute Gasteiger partial charge is 0.337 e. The fourth-order valence-electron chi connectivity index (χ4n) is 1.93. The summed E-state index contributed by atoms with van der Waals surface area (Å²) in [5, 5.41) is 9.21. The minimum absolute atomic E-state index is 0.0273. The summed E-state index contributed by atoms with van der Waals surface area (Å²) in [6.45, 7) is 0. The van der Waals surface area contributed by atoms with Gasteiger partial charge in [0, 0.05) is 0 Å². The molecule has 0 aliphatic rings. The number of methoxy groups -OCH3 is 2. The number of hydrogen-bond acceptors (Lipinski definition) is 5. The lowest BCUT2D eigenvalue weighted by Gasteiger charge is -2.14. The van der Waals surface area contributed by atoms with Crippen molar-refractivity contribution in [2.75, 3.05) is 18.9 Å². The number of nitrogens with one attached hydrogen (secondary N) is 1. The maximum Gasteiger partial charge on any atom is 0.337 e. The molecule has 0 bridgehead atoms. The standard InChI is InChI=1S/C15H15NO6S/c1-21-10-6-8-11(9-7-10)23(19,20)16-14-12(15(17)18)4-3-5-13(14)22-2/h3-9,16H,1-2H3,(H,17,18). The predicted molar refractivity (Wildman–Crippen MR) is 83.8 cm³/mol. The second-order valence-corrected chi connectivity index (χ2v) is 6.15. The molecule has 7 nitrogen and oxygen atoms in total. The molecule has 2 aromatic rings. The van der Waals surface area contributed by atoms with Crippen molar-refractivity contribution in [2.24, 2.45) is 0 Å². The van der Waals surface area contributed by atoms with Crippen LogP contribution in [0.15, 0.2) is 47.4 Å². The van der Waals surface area contributed by atoms with E-state index in [9.17, 15) is 18.3 Å². The zero-order valence-corrected chi connectivity index (χ0v) is 13.3. The van der Waals surface area contributed by atoms with Crippen LogP contribution in [0.2, 0.25) is 0 Å². The number of para-hydroxylation sites is 1. The van der Waals surface area contributed by atoms with Gasteiger partial charge in [-0.15, -0.1) is 0 Å². The first kappa shape index (κ1) is 16.6. The van der Waals surface area contributed by atoms with Crippen molar-refractivity contribution in [1.82, 2.24) is 0 Å². The lowest BCUT2D eigenvalue weighted by Crippen LogP contribution is -2.16. The number of aromatic carboxylic acids is 1. The van der Waals surface area contributed by atoms with Gasteiger partial charge in [-0.3, -0.25) is 4.72 Å². The third kappa shape index (κ3) is 3.54. The number of sulfonamides is 1. The van der Waals surface area contributed by atoms with Crippen LogP contribution in [-0.2, 0) is 10.0 Å². The summed E-state index contributed by atoms with van der Waals surface area (Å²) in [5.74, 6) is -0.647. The van der Waals surface area contributed by atoms with Gasteiger partial charge in [-0.05, 0) is 36.4 Å². The third-order valence-electron chi connectivity index (χ3n) is 3.08. The van der Waals surface area contributed by atoms with E-state index in [4.69, 9.17) is 9.47 Å². The van der Waals surface area contributed by atoms with E-state index in [1.807, 2.05) is 0 Å². The molecule has 0 amide bonds. The van der Waals surface area contributed by atoms with Crippen molar-refractivity contribution in [3.05, 3.63) is 48.0 Å². The Morgan fingerprint density at radius 3 is 2.22 bits per heavy atom. The zero-order chi connectivity index (χ0) is 17.0. The highest BCUT2D eigenvalue weighted by Crippen LogP contribution is 2.31. The molecular weight excluding hydrogens is 322 g/mol. The van der Waals surface area contributed by atoms with Crippen LogP contribution >= 0.6 is 0 Å². The van der Waals surface area contributed by atoms with Gasteiger partial charge in [0.1, 0.15) is 17.2 Å². The molecule has 23 heavy (non-hydrogen) atoms. The summed E-state index contributed by atoms with van der Waals surface area (Å²) in [4.78, 5) is 11.3. The molecule has 2 aromatic carbocycles. The Kier molecular flexibility index (Phi) is 4.75. The van der Waals surface area contributed by atoms with E-state index in [0.717, 1.165) is 0 Å². The number of carboxylic acid groups (broad SMARTS) is 1. The van der Waals surface area contributed by atoms with Crippen LogP contribution < -0.4 is 14.2 Å². The molecule has 0 aliphatic heterocycles. The zero-order valence-electron chi connectivity index (χ0n) is 12.4. The highest BCUT2D eigenvalue weighted by Gasteiger charge is 2.21. The molecule has 0 saturated carbocycles. The molecule has 0 fully saturated rings. The highest BCUT2D eigenvalue weighted by atomic mass is 32.2. The maximum absolute atomic E-state index is 12.4. The van der Waals surface area contributed by atoms with Crippen LogP contribution in [0.25, 0.3) is 0 Å². The molecule has 0 unspecified atom stereocenters. The van der Waals surface area contributed by atoms with Gasteiger partial charge >= 0.3 is 5.97 Å². The second-order valence-electron chi connectivity index (χ2n) is 4.47. The molecule has 0 saturated heterocycles. The van der Waals surface area contributed by atoms with Crippen LogP contribution in [0.5, 0.6) is 11.5 Å². The van der Waals surface area contributed by atoms with E-state index in [0.29, 0.717) is 5.75 Å². The van der Waals surface area contributed by atoms with Gasteiger partial charge in [0.2, 0.25) is 0 Å². The average molecular weight is 337 g/mol. The lowest BCUT2D eigenvalue weighted by atomic mass is 10.1. The van der Waals surface area contributed by atoms with Crippen molar-refractivity contribution in [1.29, 1.82) is 0 Å². The first-order chi connectivity index (χ1) is 10.9. The van der Waals surface area contributed by atoms with Crippen molar-refractivity contribution in [2.45, 2.75) is 4.90 Å². The normalized spacial score (nSPS) is 10.9. The predicted octanol–water partition coefficient (Wildman–Crippen LogP) is 2.20. The van der Waals surface area contributed by atoms with Gasteiger partial charge in [0.05, 0.1) is 24.7 Å². The van der Waals surface area contributed by atoms with Crippen LogP contribution in [0.4, 0.5) is 5.69 Å². The number of benzene rings is 2. The van der Waals surface area contributed by atoms with Gasteiger partial charge in [0.25, 0.3) is 10.0 Å². The molecular formula is C15H15NO6S. The number of anilines is 1.